The van der Waals surface area contributed by atoms with Crippen LogP contribution in [0.25, 0.3) is 6.08 Å². The zero-order valence-electron chi connectivity index (χ0n) is 17.6. The number of anilines is 1. The van der Waals surface area contributed by atoms with Crippen LogP contribution in [-0.4, -0.2) is 26.1 Å². The van der Waals surface area contributed by atoms with Gasteiger partial charge in [-0.05, 0) is 63.5 Å². The lowest BCUT2D eigenvalue weighted by Gasteiger charge is -2.13. The molecule has 0 aromatic heterocycles. The second-order valence-electron chi connectivity index (χ2n) is 6.70. The topological polar surface area (TPSA) is 73.9 Å². The van der Waals surface area contributed by atoms with E-state index in [1.807, 2.05) is 36.4 Å². The maximum Gasteiger partial charge on any atom is 0.337 e. The van der Waals surface area contributed by atoms with Crippen molar-refractivity contribution in [3.05, 3.63) is 94.0 Å². The maximum atomic E-state index is 12.3. The number of hydrogen-bond acceptors (Lipinski definition) is 5. The highest BCUT2D eigenvalue weighted by molar-refractivity contribution is 9.10. The molecule has 3 aromatic rings. The fraction of sp³-hybridized carbons (Fsp3) is 0.120. The molecule has 0 aliphatic rings. The van der Waals surface area contributed by atoms with Crippen LogP contribution in [0.1, 0.15) is 21.5 Å². The Bertz CT molecular complexity index is 1130. The van der Waals surface area contributed by atoms with Crippen molar-refractivity contribution in [2.75, 3.05) is 19.5 Å². The Labute approximate surface area is 194 Å². The summed E-state index contributed by atoms with van der Waals surface area (Å²) >= 11 is 3.52. The summed E-state index contributed by atoms with van der Waals surface area (Å²) in [4.78, 5) is 24.0. The second-order valence-corrected chi connectivity index (χ2v) is 7.56. The first-order valence-corrected chi connectivity index (χ1v) is 10.5. The van der Waals surface area contributed by atoms with Crippen LogP contribution in [0, 0.1) is 0 Å². The van der Waals surface area contributed by atoms with E-state index in [-0.39, 0.29) is 5.91 Å². The summed E-state index contributed by atoms with van der Waals surface area (Å²) in [5, 5.41) is 2.72. The number of halogens is 1. The summed E-state index contributed by atoms with van der Waals surface area (Å²) in [6, 6.07) is 20.0. The van der Waals surface area contributed by atoms with Crippen molar-refractivity contribution in [1.29, 1.82) is 0 Å². The zero-order valence-corrected chi connectivity index (χ0v) is 19.2. The van der Waals surface area contributed by atoms with Gasteiger partial charge in [0.15, 0.2) is 11.5 Å². The third kappa shape index (κ3) is 6.21. The third-order valence-electron chi connectivity index (χ3n) is 4.46. The fourth-order valence-corrected chi connectivity index (χ4v) is 3.48. The van der Waals surface area contributed by atoms with Gasteiger partial charge in [0.05, 0.1) is 24.3 Å². The number of ether oxygens (including phenoxy) is 3. The van der Waals surface area contributed by atoms with Gasteiger partial charge < -0.3 is 19.5 Å². The van der Waals surface area contributed by atoms with Crippen LogP contribution < -0.4 is 14.8 Å². The average molecular weight is 496 g/mol. The summed E-state index contributed by atoms with van der Waals surface area (Å²) in [7, 11) is 2.87. The molecule has 164 valence electrons. The smallest absolute Gasteiger partial charge is 0.337 e. The van der Waals surface area contributed by atoms with E-state index < -0.39 is 5.97 Å². The summed E-state index contributed by atoms with van der Waals surface area (Å²) in [5.74, 6) is 0.313. The molecule has 32 heavy (non-hydrogen) atoms. The van der Waals surface area contributed by atoms with E-state index in [1.54, 1.807) is 43.5 Å². The van der Waals surface area contributed by atoms with Gasteiger partial charge in [0.2, 0.25) is 5.91 Å². The molecule has 0 fully saturated rings. The van der Waals surface area contributed by atoms with Gasteiger partial charge in [-0.25, -0.2) is 4.79 Å². The molecule has 6 nitrogen and oxygen atoms in total. The fourth-order valence-electron chi connectivity index (χ4n) is 2.90. The molecule has 0 aliphatic carbocycles. The van der Waals surface area contributed by atoms with Crippen LogP contribution in [0.3, 0.4) is 0 Å². The molecule has 0 unspecified atom stereocenters. The first kappa shape index (κ1) is 23.1. The van der Waals surface area contributed by atoms with E-state index >= 15 is 0 Å². The van der Waals surface area contributed by atoms with Crippen LogP contribution in [0.4, 0.5) is 5.69 Å². The Morgan fingerprint density at radius 3 is 2.50 bits per heavy atom. The Hall–Kier alpha value is -3.58. The summed E-state index contributed by atoms with van der Waals surface area (Å²) in [6.07, 6.45) is 3.06. The van der Waals surface area contributed by atoms with E-state index in [0.29, 0.717) is 33.8 Å². The van der Waals surface area contributed by atoms with Gasteiger partial charge in [-0.15, -0.1) is 0 Å². The lowest BCUT2D eigenvalue weighted by Crippen LogP contribution is -2.09. The number of carbonyl (C=O) groups excluding carboxylic acids is 2. The van der Waals surface area contributed by atoms with Crippen LogP contribution in [-0.2, 0) is 16.1 Å². The number of benzene rings is 3. The Morgan fingerprint density at radius 1 is 1.00 bits per heavy atom. The number of nitrogens with one attached hydrogen (secondary N) is 1. The molecule has 0 atom stereocenters. The predicted octanol–water partition coefficient (Wildman–Crippen LogP) is 5.48. The van der Waals surface area contributed by atoms with Crippen molar-refractivity contribution in [3.63, 3.8) is 0 Å². The number of hydrogen-bond donors (Lipinski definition) is 1. The van der Waals surface area contributed by atoms with Crippen LogP contribution in [0.5, 0.6) is 11.5 Å². The number of carbonyl (C=O) groups is 2. The number of esters is 1. The Balaban J connectivity index is 1.69. The van der Waals surface area contributed by atoms with E-state index in [9.17, 15) is 9.59 Å². The van der Waals surface area contributed by atoms with Crippen molar-refractivity contribution in [3.8, 4) is 11.5 Å². The molecule has 3 rings (SSSR count). The minimum Gasteiger partial charge on any atom is -0.493 e. The van der Waals surface area contributed by atoms with Gasteiger partial charge in [-0.3, -0.25) is 4.79 Å². The van der Waals surface area contributed by atoms with Crippen LogP contribution in [0.15, 0.2) is 77.3 Å². The first-order valence-electron chi connectivity index (χ1n) is 9.72. The SMILES string of the molecule is COC(=O)c1cccc(NC(=O)/C=C/c2cc(Br)c(OCc3ccccc3)c(OC)c2)c1. The highest BCUT2D eigenvalue weighted by Gasteiger charge is 2.12. The van der Waals surface area contributed by atoms with Crippen molar-refractivity contribution >= 4 is 39.6 Å². The molecule has 0 saturated carbocycles. The van der Waals surface area contributed by atoms with Gasteiger partial charge in [-0.2, -0.15) is 0 Å². The molecule has 0 radical (unpaired) electrons. The first-order chi connectivity index (χ1) is 15.5. The highest BCUT2D eigenvalue weighted by atomic mass is 79.9. The van der Waals surface area contributed by atoms with Crippen LogP contribution >= 0.6 is 15.9 Å². The van der Waals surface area contributed by atoms with Crippen molar-refractivity contribution in [2.24, 2.45) is 0 Å². The highest BCUT2D eigenvalue weighted by Crippen LogP contribution is 2.37. The second kappa shape index (κ2) is 11.2. The Morgan fingerprint density at radius 2 is 1.78 bits per heavy atom. The quantitative estimate of drug-likeness (QED) is 0.331. The average Bonchev–Trinajstić information content (AvgIpc) is 2.82. The van der Waals surface area contributed by atoms with Crippen molar-refractivity contribution < 1.29 is 23.8 Å². The molecule has 0 heterocycles. The van der Waals surface area contributed by atoms with E-state index in [1.165, 1.54) is 13.2 Å². The van der Waals surface area contributed by atoms with Gasteiger partial charge in [-0.1, -0.05) is 36.4 Å². The van der Waals surface area contributed by atoms with Crippen LogP contribution in [0.2, 0.25) is 0 Å². The van der Waals surface area contributed by atoms with E-state index in [0.717, 1.165) is 11.1 Å². The molecular weight excluding hydrogens is 474 g/mol. The number of rotatable bonds is 8. The summed E-state index contributed by atoms with van der Waals surface area (Å²) in [5.41, 5.74) is 2.64. The standard InChI is InChI=1S/C25H22BrNO5/c1-30-22-14-18(13-21(26)24(22)32-16-17-7-4-3-5-8-17)11-12-23(28)27-20-10-6-9-19(15-20)25(29)31-2/h3-15H,16H2,1-2H3,(H,27,28)/b12-11+. The summed E-state index contributed by atoms with van der Waals surface area (Å²) < 4.78 is 16.8. The number of methoxy groups -OCH3 is 2. The monoisotopic (exact) mass is 495 g/mol. The predicted molar refractivity (Wildman–Crippen MR) is 127 cm³/mol. The van der Waals surface area contributed by atoms with Crippen molar-refractivity contribution in [2.45, 2.75) is 6.61 Å². The van der Waals surface area contributed by atoms with Gasteiger partial charge in [0.25, 0.3) is 0 Å². The normalized spacial score (nSPS) is 10.6. The van der Waals surface area contributed by atoms with E-state index in [2.05, 4.69) is 21.2 Å². The van der Waals surface area contributed by atoms with Gasteiger partial charge >= 0.3 is 5.97 Å². The summed E-state index contributed by atoms with van der Waals surface area (Å²) in [6.45, 7) is 0.401. The lowest BCUT2D eigenvalue weighted by atomic mass is 10.1. The molecule has 1 amide bonds. The minimum absolute atomic E-state index is 0.341. The molecule has 0 aliphatic heterocycles. The van der Waals surface area contributed by atoms with Gasteiger partial charge in [0.1, 0.15) is 6.61 Å². The molecule has 0 spiro atoms. The molecule has 3 aromatic carbocycles. The molecular formula is C25H22BrNO5. The molecule has 1 N–H and O–H groups in total. The molecule has 0 bridgehead atoms. The van der Waals surface area contributed by atoms with Crippen molar-refractivity contribution in [1.82, 2.24) is 0 Å². The number of amides is 1. The zero-order chi connectivity index (χ0) is 22.9. The maximum absolute atomic E-state index is 12.3. The lowest BCUT2D eigenvalue weighted by molar-refractivity contribution is -0.111. The Kier molecular flexibility index (Phi) is 8.05. The minimum atomic E-state index is -0.469. The molecule has 0 saturated heterocycles. The third-order valence-corrected chi connectivity index (χ3v) is 5.05. The largest absolute Gasteiger partial charge is 0.493 e. The molecule has 7 heteroatoms. The van der Waals surface area contributed by atoms with E-state index in [4.69, 9.17) is 14.2 Å². The van der Waals surface area contributed by atoms with Gasteiger partial charge in [0, 0.05) is 11.8 Å².